The van der Waals surface area contributed by atoms with Crippen LogP contribution in [0.5, 0.6) is 0 Å². The summed E-state index contributed by atoms with van der Waals surface area (Å²) in [7, 11) is 0. The van der Waals surface area contributed by atoms with Crippen molar-refractivity contribution >= 4 is 39.9 Å². The molecule has 0 aliphatic carbocycles. The lowest BCUT2D eigenvalue weighted by molar-refractivity contribution is -0.385. The van der Waals surface area contributed by atoms with Gasteiger partial charge in [0.25, 0.3) is 6.43 Å². The zero-order valence-corrected chi connectivity index (χ0v) is 9.29. The molecule has 1 rings (SSSR count). The highest BCUT2D eigenvalue weighted by atomic mass is 127. The third kappa shape index (κ3) is 2.08. The first-order chi connectivity index (χ1) is 6.45. The minimum absolute atomic E-state index is 0.0341. The maximum Gasteiger partial charge on any atom is 0.306 e. The Morgan fingerprint density at radius 1 is 1.64 bits per heavy atom. The average molecular weight is 334 g/mol. The van der Waals surface area contributed by atoms with Crippen LogP contribution in [0.3, 0.4) is 0 Å². The van der Waals surface area contributed by atoms with Gasteiger partial charge in [-0.2, -0.15) is 0 Å². The Labute approximate surface area is 95.6 Å². The number of rotatable bonds is 2. The van der Waals surface area contributed by atoms with E-state index < -0.39 is 27.6 Å². The molecule has 0 atom stereocenters. The molecule has 0 aliphatic heterocycles. The molecule has 8 heteroatoms. The van der Waals surface area contributed by atoms with Crippen molar-refractivity contribution in [3.63, 3.8) is 0 Å². The summed E-state index contributed by atoms with van der Waals surface area (Å²) in [6, 6.07) is 0. The molecule has 4 nitrogen and oxygen atoms in total. The molecule has 0 saturated heterocycles. The fraction of sp³-hybridized carbons (Fsp3) is 0.167. The van der Waals surface area contributed by atoms with Crippen molar-refractivity contribution < 1.29 is 13.7 Å². The van der Waals surface area contributed by atoms with Gasteiger partial charge in [0.05, 0.1) is 10.5 Å². The molecule has 0 unspecified atom stereocenters. The average Bonchev–Trinajstić information content (AvgIpc) is 2.02. The molecule has 14 heavy (non-hydrogen) atoms. The molecule has 0 radical (unpaired) electrons. The fourth-order valence-corrected chi connectivity index (χ4v) is 1.88. The van der Waals surface area contributed by atoms with Gasteiger partial charge in [-0.3, -0.25) is 10.1 Å². The maximum absolute atomic E-state index is 12.4. The van der Waals surface area contributed by atoms with E-state index in [-0.39, 0.29) is 3.70 Å². The first-order valence-electron chi connectivity index (χ1n) is 3.21. The molecule has 1 aromatic rings. The number of halogens is 4. The van der Waals surface area contributed by atoms with Crippen molar-refractivity contribution in [2.45, 2.75) is 6.43 Å². The van der Waals surface area contributed by atoms with E-state index in [0.29, 0.717) is 0 Å². The molecule has 0 spiro atoms. The summed E-state index contributed by atoms with van der Waals surface area (Å²) in [5.74, 6) is 0. The molecular formula is C6H2ClF2IN2O2. The summed E-state index contributed by atoms with van der Waals surface area (Å²) >= 11 is 6.98. The normalized spacial score (nSPS) is 10.6. The van der Waals surface area contributed by atoms with Crippen molar-refractivity contribution in [3.8, 4) is 0 Å². The molecular weight excluding hydrogens is 332 g/mol. The fourth-order valence-electron chi connectivity index (χ4n) is 0.786. The summed E-state index contributed by atoms with van der Waals surface area (Å²) in [5.41, 5.74) is -1.20. The Kier molecular flexibility index (Phi) is 3.53. The van der Waals surface area contributed by atoms with Gasteiger partial charge in [0.15, 0.2) is 0 Å². The quantitative estimate of drug-likeness (QED) is 0.361. The Morgan fingerprint density at radius 3 is 2.64 bits per heavy atom. The number of nitro groups is 1. The van der Waals surface area contributed by atoms with Crippen LogP contribution in [0, 0.1) is 13.8 Å². The van der Waals surface area contributed by atoms with Crippen LogP contribution in [-0.2, 0) is 0 Å². The van der Waals surface area contributed by atoms with Crippen molar-refractivity contribution in [3.05, 3.63) is 30.6 Å². The van der Waals surface area contributed by atoms with Crippen molar-refractivity contribution in [2.24, 2.45) is 0 Å². The number of hydrogen-bond acceptors (Lipinski definition) is 3. The highest BCUT2D eigenvalue weighted by Gasteiger charge is 2.25. The van der Waals surface area contributed by atoms with Crippen LogP contribution in [0.4, 0.5) is 14.5 Å². The second-order valence-corrected chi connectivity index (χ2v) is 3.62. The van der Waals surface area contributed by atoms with E-state index in [9.17, 15) is 18.9 Å². The molecule has 1 aromatic heterocycles. The number of alkyl halides is 2. The van der Waals surface area contributed by atoms with Crippen LogP contribution in [0.2, 0.25) is 5.02 Å². The van der Waals surface area contributed by atoms with Crippen molar-refractivity contribution in [1.29, 1.82) is 0 Å². The lowest BCUT2D eigenvalue weighted by Gasteiger charge is -2.04. The van der Waals surface area contributed by atoms with Gasteiger partial charge in [-0.1, -0.05) is 11.6 Å². The van der Waals surface area contributed by atoms with E-state index >= 15 is 0 Å². The third-order valence-corrected chi connectivity index (χ3v) is 2.66. The predicted molar refractivity (Wildman–Crippen MR) is 53.6 cm³/mol. The molecule has 0 fully saturated rings. The summed E-state index contributed by atoms with van der Waals surface area (Å²) in [5, 5.41) is 9.79. The Hall–Kier alpha value is -0.570. The summed E-state index contributed by atoms with van der Waals surface area (Å²) in [4.78, 5) is 13.0. The van der Waals surface area contributed by atoms with Crippen LogP contribution in [0.1, 0.15) is 12.0 Å². The number of nitrogens with zero attached hydrogens (tertiary/aromatic N) is 2. The van der Waals surface area contributed by atoms with Crippen LogP contribution >= 0.6 is 34.2 Å². The standard InChI is InChI=1S/C6H2ClF2IN2O2/c7-4-2(12(13)14)1-11-6(10)3(4)5(8)9/h1,5H. The lowest BCUT2D eigenvalue weighted by atomic mass is 10.3. The Bertz CT molecular complexity index is 388. The molecule has 0 aromatic carbocycles. The summed E-state index contributed by atoms with van der Waals surface area (Å²) < 4.78 is 24.7. The molecule has 76 valence electrons. The largest absolute Gasteiger partial charge is 0.306 e. The van der Waals surface area contributed by atoms with Crippen molar-refractivity contribution in [1.82, 2.24) is 4.98 Å². The van der Waals surface area contributed by atoms with Crippen LogP contribution in [-0.4, -0.2) is 9.91 Å². The Morgan fingerprint density at radius 2 is 2.21 bits per heavy atom. The summed E-state index contributed by atoms with van der Waals surface area (Å²) in [6.45, 7) is 0. The minimum atomic E-state index is -2.87. The van der Waals surface area contributed by atoms with Gasteiger partial charge in [-0.05, 0) is 22.6 Å². The highest BCUT2D eigenvalue weighted by Crippen LogP contribution is 2.35. The van der Waals surface area contributed by atoms with E-state index in [4.69, 9.17) is 11.6 Å². The van der Waals surface area contributed by atoms with Gasteiger partial charge in [0.2, 0.25) is 0 Å². The monoisotopic (exact) mass is 334 g/mol. The smallest absolute Gasteiger partial charge is 0.258 e. The van der Waals surface area contributed by atoms with Crippen molar-refractivity contribution in [2.75, 3.05) is 0 Å². The van der Waals surface area contributed by atoms with E-state index in [1.807, 2.05) is 0 Å². The SMILES string of the molecule is O=[N+]([O-])c1cnc(I)c(C(F)F)c1Cl. The van der Waals surface area contributed by atoms with E-state index in [1.165, 1.54) is 0 Å². The van der Waals surface area contributed by atoms with Crippen LogP contribution in [0.25, 0.3) is 0 Å². The zero-order valence-electron chi connectivity index (χ0n) is 6.38. The molecule has 0 bridgehead atoms. The lowest BCUT2D eigenvalue weighted by Crippen LogP contribution is -1.99. The number of hydrogen-bond donors (Lipinski definition) is 0. The third-order valence-electron chi connectivity index (χ3n) is 1.40. The maximum atomic E-state index is 12.4. The molecule has 0 N–H and O–H groups in total. The Balaban J connectivity index is 3.41. The van der Waals surface area contributed by atoms with Gasteiger partial charge >= 0.3 is 5.69 Å². The van der Waals surface area contributed by atoms with Gasteiger partial charge in [-0.15, -0.1) is 0 Å². The van der Waals surface area contributed by atoms with Gasteiger partial charge in [0, 0.05) is 0 Å². The number of pyridine rings is 1. The van der Waals surface area contributed by atoms with Crippen LogP contribution in [0.15, 0.2) is 6.20 Å². The summed E-state index contributed by atoms with van der Waals surface area (Å²) in [6.07, 6.45) is -2.02. The first-order valence-corrected chi connectivity index (χ1v) is 4.67. The van der Waals surface area contributed by atoms with Gasteiger partial charge < -0.3 is 0 Å². The van der Waals surface area contributed by atoms with E-state index in [0.717, 1.165) is 6.20 Å². The second kappa shape index (κ2) is 4.30. The molecule has 0 amide bonds. The van der Waals surface area contributed by atoms with Gasteiger partial charge in [-0.25, -0.2) is 13.8 Å². The van der Waals surface area contributed by atoms with Crippen LogP contribution < -0.4 is 0 Å². The van der Waals surface area contributed by atoms with Gasteiger partial charge in [0.1, 0.15) is 14.9 Å². The zero-order chi connectivity index (χ0) is 10.9. The van der Waals surface area contributed by atoms with E-state index in [2.05, 4.69) is 4.98 Å². The second-order valence-electron chi connectivity index (χ2n) is 2.22. The number of aromatic nitrogens is 1. The topological polar surface area (TPSA) is 56.0 Å². The highest BCUT2D eigenvalue weighted by molar-refractivity contribution is 14.1. The predicted octanol–water partition coefficient (Wildman–Crippen LogP) is 3.19. The molecule has 0 aliphatic rings. The van der Waals surface area contributed by atoms with E-state index in [1.54, 1.807) is 22.6 Å². The molecule has 1 heterocycles. The first kappa shape index (κ1) is 11.5. The minimum Gasteiger partial charge on any atom is -0.258 e. The molecule has 0 saturated carbocycles.